The number of nitrogens with one attached hydrogen (secondary N) is 1. The quantitative estimate of drug-likeness (QED) is 0.780. The number of rotatable bonds is 6. The molecule has 1 heterocycles. The third kappa shape index (κ3) is 4.89. The molecule has 1 fully saturated rings. The van der Waals surface area contributed by atoms with Crippen molar-refractivity contribution in [3.8, 4) is 5.75 Å². The molecule has 0 aromatic heterocycles. The number of ether oxygens (including phenoxy) is 1. The predicted molar refractivity (Wildman–Crippen MR) is 111 cm³/mol. The Morgan fingerprint density at radius 2 is 1.71 bits per heavy atom. The Hall–Kier alpha value is -2.86. The van der Waals surface area contributed by atoms with Gasteiger partial charge in [-0.1, -0.05) is 0 Å². The summed E-state index contributed by atoms with van der Waals surface area (Å²) >= 11 is 0. The summed E-state index contributed by atoms with van der Waals surface area (Å²) in [5.41, 5.74) is 3.19. The maximum Gasteiger partial charge on any atom is 0.228 e. The van der Waals surface area contributed by atoms with Gasteiger partial charge in [0.1, 0.15) is 5.75 Å². The van der Waals surface area contributed by atoms with Crippen LogP contribution in [0, 0.1) is 0 Å². The number of nitrogens with zero attached hydrogens (tertiary/aromatic N) is 2. The highest BCUT2D eigenvalue weighted by atomic mass is 16.5. The summed E-state index contributed by atoms with van der Waals surface area (Å²) in [4.78, 5) is 28.8. The van der Waals surface area contributed by atoms with Crippen LogP contribution in [0.15, 0.2) is 42.5 Å². The van der Waals surface area contributed by atoms with E-state index in [0.717, 1.165) is 31.9 Å². The summed E-state index contributed by atoms with van der Waals surface area (Å²) in [6.07, 6.45) is 0.143. The van der Waals surface area contributed by atoms with Gasteiger partial charge in [-0.2, -0.15) is 0 Å². The first-order valence-corrected chi connectivity index (χ1v) is 9.47. The van der Waals surface area contributed by atoms with Crippen molar-refractivity contribution in [1.29, 1.82) is 0 Å². The number of benzene rings is 2. The van der Waals surface area contributed by atoms with E-state index in [0.29, 0.717) is 16.9 Å². The van der Waals surface area contributed by atoms with Crippen LogP contribution in [0.4, 0.5) is 11.4 Å². The molecule has 6 nitrogen and oxygen atoms in total. The summed E-state index contributed by atoms with van der Waals surface area (Å²) in [6, 6.07) is 13.1. The molecule has 6 heteroatoms. The van der Waals surface area contributed by atoms with Crippen LogP contribution in [0.3, 0.4) is 0 Å². The predicted octanol–water partition coefficient (Wildman–Crippen LogP) is 2.83. The Kier molecular flexibility index (Phi) is 6.31. The van der Waals surface area contributed by atoms with E-state index in [9.17, 15) is 9.59 Å². The minimum atomic E-state index is -0.147. The number of ketones is 1. The molecule has 1 aliphatic heterocycles. The zero-order valence-corrected chi connectivity index (χ0v) is 16.7. The van der Waals surface area contributed by atoms with E-state index in [1.54, 1.807) is 25.3 Å². The van der Waals surface area contributed by atoms with Crippen molar-refractivity contribution in [1.82, 2.24) is 4.90 Å². The lowest BCUT2D eigenvalue weighted by molar-refractivity contribution is -0.115. The molecule has 3 rings (SSSR count). The van der Waals surface area contributed by atoms with Gasteiger partial charge in [0.25, 0.3) is 0 Å². The Labute approximate surface area is 166 Å². The van der Waals surface area contributed by atoms with E-state index in [2.05, 4.69) is 22.2 Å². The van der Waals surface area contributed by atoms with Crippen LogP contribution in [-0.4, -0.2) is 56.9 Å². The van der Waals surface area contributed by atoms with Crippen molar-refractivity contribution in [3.05, 3.63) is 53.6 Å². The van der Waals surface area contributed by atoms with Gasteiger partial charge >= 0.3 is 0 Å². The average molecular weight is 381 g/mol. The van der Waals surface area contributed by atoms with Crippen LogP contribution in [0.5, 0.6) is 5.75 Å². The van der Waals surface area contributed by atoms with Crippen LogP contribution >= 0.6 is 0 Å². The molecule has 148 valence electrons. The smallest absolute Gasteiger partial charge is 0.228 e. The van der Waals surface area contributed by atoms with Crippen LogP contribution in [0.25, 0.3) is 0 Å². The van der Waals surface area contributed by atoms with E-state index in [4.69, 9.17) is 4.74 Å². The van der Waals surface area contributed by atoms with Gasteiger partial charge in [-0.05, 0) is 56.4 Å². The van der Waals surface area contributed by atoms with Crippen LogP contribution < -0.4 is 15.0 Å². The summed E-state index contributed by atoms with van der Waals surface area (Å²) in [5.74, 6) is 0.417. The second-order valence-corrected chi connectivity index (χ2v) is 7.14. The maximum atomic E-state index is 12.5. The fourth-order valence-electron chi connectivity index (χ4n) is 3.33. The van der Waals surface area contributed by atoms with Crippen molar-refractivity contribution in [3.63, 3.8) is 0 Å². The minimum absolute atomic E-state index is 0.0381. The molecule has 0 radical (unpaired) electrons. The molecule has 0 aliphatic carbocycles. The van der Waals surface area contributed by atoms with Gasteiger partial charge in [-0.3, -0.25) is 9.59 Å². The van der Waals surface area contributed by atoms with Crippen molar-refractivity contribution in [2.24, 2.45) is 0 Å². The van der Waals surface area contributed by atoms with Gasteiger partial charge < -0.3 is 19.9 Å². The van der Waals surface area contributed by atoms with Gasteiger partial charge in [0, 0.05) is 48.7 Å². The highest BCUT2D eigenvalue weighted by molar-refractivity contribution is 5.96. The van der Waals surface area contributed by atoms with Crippen molar-refractivity contribution >= 4 is 23.1 Å². The number of Topliss-reactive ketones (excluding diaryl/α,β-unsaturated/α-hetero) is 1. The van der Waals surface area contributed by atoms with Gasteiger partial charge in [0.2, 0.25) is 5.91 Å². The van der Waals surface area contributed by atoms with E-state index < -0.39 is 0 Å². The Morgan fingerprint density at radius 1 is 1.04 bits per heavy atom. The lowest BCUT2D eigenvalue weighted by Crippen LogP contribution is -2.44. The van der Waals surface area contributed by atoms with E-state index >= 15 is 0 Å². The molecular formula is C22H27N3O3. The number of hydrogen-bond donors (Lipinski definition) is 1. The van der Waals surface area contributed by atoms with Gasteiger partial charge in [-0.15, -0.1) is 0 Å². The second kappa shape index (κ2) is 8.89. The summed E-state index contributed by atoms with van der Waals surface area (Å²) in [7, 11) is 3.69. The fourth-order valence-corrected chi connectivity index (χ4v) is 3.33. The average Bonchev–Trinajstić information content (AvgIpc) is 2.69. The lowest BCUT2D eigenvalue weighted by Gasteiger charge is -2.34. The third-order valence-corrected chi connectivity index (χ3v) is 5.06. The second-order valence-electron chi connectivity index (χ2n) is 7.14. The first-order valence-electron chi connectivity index (χ1n) is 9.47. The Bertz CT molecular complexity index is 841. The number of anilines is 2. The standard InChI is InChI=1S/C22H27N3O3/c1-16(26)17-4-9-21(28-3)18(14-17)15-22(27)23-19-5-7-20(8-6-19)25-12-10-24(2)11-13-25/h4-9,14H,10-13,15H2,1-3H3,(H,23,27). The SMILES string of the molecule is COc1ccc(C(C)=O)cc1CC(=O)Nc1ccc(N2CCN(C)CC2)cc1. The third-order valence-electron chi connectivity index (χ3n) is 5.06. The molecule has 0 unspecified atom stereocenters. The van der Waals surface area contributed by atoms with Crippen LogP contribution in [-0.2, 0) is 11.2 Å². The highest BCUT2D eigenvalue weighted by Gasteiger charge is 2.15. The maximum absolute atomic E-state index is 12.5. The van der Waals surface area contributed by atoms with Crippen molar-refractivity contribution in [2.45, 2.75) is 13.3 Å². The minimum Gasteiger partial charge on any atom is -0.496 e. The lowest BCUT2D eigenvalue weighted by atomic mass is 10.0. The van der Waals surface area contributed by atoms with Gasteiger partial charge in [-0.25, -0.2) is 0 Å². The number of likely N-dealkylation sites (N-methyl/N-ethyl adjacent to an activating group) is 1. The molecule has 2 aromatic rings. The summed E-state index contributed by atoms with van der Waals surface area (Å²) in [5, 5.41) is 2.92. The molecule has 2 aromatic carbocycles. The van der Waals surface area contributed by atoms with E-state index in [-0.39, 0.29) is 18.1 Å². The summed E-state index contributed by atoms with van der Waals surface area (Å²) < 4.78 is 5.32. The molecule has 0 spiro atoms. The van der Waals surface area contributed by atoms with E-state index in [1.807, 2.05) is 24.3 Å². The largest absolute Gasteiger partial charge is 0.496 e. The molecule has 1 amide bonds. The number of piperazine rings is 1. The number of carbonyl (C=O) groups is 2. The molecule has 0 bridgehead atoms. The fraction of sp³-hybridized carbons (Fsp3) is 0.364. The molecule has 1 aliphatic rings. The first kappa shape index (κ1) is 19.9. The normalized spacial score (nSPS) is 14.6. The van der Waals surface area contributed by atoms with Gasteiger partial charge in [0.15, 0.2) is 5.78 Å². The Morgan fingerprint density at radius 3 is 2.32 bits per heavy atom. The number of hydrogen-bond acceptors (Lipinski definition) is 5. The molecule has 0 atom stereocenters. The first-order chi connectivity index (χ1) is 13.5. The van der Waals surface area contributed by atoms with Crippen LogP contribution in [0.2, 0.25) is 0 Å². The van der Waals surface area contributed by atoms with Crippen molar-refractivity contribution in [2.75, 3.05) is 50.6 Å². The monoisotopic (exact) mass is 381 g/mol. The number of amides is 1. The van der Waals surface area contributed by atoms with E-state index in [1.165, 1.54) is 12.6 Å². The van der Waals surface area contributed by atoms with Gasteiger partial charge in [0.05, 0.1) is 13.5 Å². The van der Waals surface area contributed by atoms with Crippen molar-refractivity contribution < 1.29 is 14.3 Å². The molecule has 28 heavy (non-hydrogen) atoms. The molecule has 1 saturated heterocycles. The highest BCUT2D eigenvalue weighted by Crippen LogP contribution is 2.22. The Balaban J connectivity index is 1.63. The zero-order valence-electron chi connectivity index (χ0n) is 16.7. The zero-order chi connectivity index (χ0) is 20.1. The molecule has 1 N–H and O–H groups in total. The summed E-state index contributed by atoms with van der Waals surface area (Å²) in [6.45, 7) is 5.63. The van der Waals surface area contributed by atoms with Crippen LogP contribution in [0.1, 0.15) is 22.8 Å². The molecule has 0 saturated carbocycles. The topological polar surface area (TPSA) is 61.9 Å². The molecular weight excluding hydrogens is 354 g/mol. The number of methoxy groups -OCH3 is 1. The number of carbonyl (C=O) groups excluding carboxylic acids is 2.